The van der Waals surface area contributed by atoms with E-state index in [0.29, 0.717) is 11.1 Å². The second-order valence-electron chi connectivity index (χ2n) is 6.28. The Hall–Kier alpha value is -2.80. The molecule has 0 radical (unpaired) electrons. The number of nitrogens with zero attached hydrogens (tertiary/aromatic N) is 2. The van der Waals surface area contributed by atoms with Crippen LogP contribution in [0.1, 0.15) is 22.6 Å². The molecule has 0 aliphatic rings. The van der Waals surface area contributed by atoms with E-state index in [1.807, 2.05) is 57.2 Å². The fourth-order valence-electron chi connectivity index (χ4n) is 2.51. The minimum Gasteiger partial charge on any atom is -0.484 e. The van der Waals surface area contributed by atoms with Gasteiger partial charge < -0.3 is 14.5 Å². The van der Waals surface area contributed by atoms with Crippen LogP contribution in [0.5, 0.6) is 5.75 Å². The van der Waals surface area contributed by atoms with Crippen LogP contribution in [-0.2, 0) is 11.4 Å². The molecule has 1 N–H and O–H groups in total. The summed E-state index contributed by atoms with van der Waals surface area (Å²) in [4.78, 5) is 12.1. The van der Waals surface area contributed by atoms with Gasteiger partial charge in [0.25, 0.3) is 11.1 Å². The number of nitrogens with one attached hydrogen (secondary N) is 1. The molecule has 27 heavy (non-hydrogen) atoms. The molecule has 0 saturated heterocycles. The number of aryl methyl sites for hydroxylation is 3. The number of hydrogen-bond donors (Lipinski definition) is 1. The third-order valence-electron chi connectivity index (χ3n) is 3.66. The Balaban J connectivity index is 1.47. The van der Waals surface area contributed by atoms with Crippen molar-refractivity contribution in [3.63, 3.8) is 0 Å². The van der Waals surface area contributed by atoms with Gasteiger partial charge in [-0.15, -0.1) is 10.2 Å². The highest BCUT2D eigenvalue weighted by molar-refractivity contribution is 7.99. The van der Waals surface area contributed by atoms with Crippen molar-refractivity contribution >= 4 is 23.4 Å². The average molecular weight is 383 g/mol. The summed E-state index contributed by atoms with van der Waals surface area (Å²) >= 11 is 1.19. The Bertz CT molecular complexity index is 902. The van der Waals surface area contributed by atoms with Gasteiger partial charge in [0.15, 0.2) is 6.61 Å². The summed E-state index contributed by atoms with van der Waals surface area (Å²) in [6, 6.07) is 13.6. The van der Waals surface area contributed by atoms with Crippen LogP contribution in [0, 0.1) is 20.8 Å². The maximum Gasteiger partial charge on any atom is 0.277 e. The quantitative estimate of drug-likeness (QED) is 0.613. The highest BCUT2D eigenvalue weighted by atomic mass is 32.2. The number of thioether (sulfide) groups is 1. The number of amides is 1. The maximum absolute atomic E-state index is 12.1. The van der Waals surface area contributed by atoms with Crippen LogP contribution in [0.4, 0.5) is 5.69 Å². The zero-order valence-corrected chi connectivity index (χ0v) is 16.3. The normalized spacial score (nSPS) is 10.6. The molecule has 1 amide bonds. The Morgan fingerprint density at radius 2 is 1.74 bits per heavy atom. The van der Waals surface area contributed by atoms with E-state index in [4.69, 9.17) is 9.15 Å². The molecule has 140 valence electrons. The summed E-state index contributed by atoms with van der Waals surface area (Å²) in [5, 5.41) is 11.1. The van der Waals surface area contributed by atoms with Crippen molar-refractivity contribution in [1.82, 2.24) is 10.2 Å². The summed E-state index contributed by atoms with van der Waals surface area (Å²) in [6.45, 7) is 6.19. The maximum atomic E-state index is 12.1. The molecule has 7 heteroatoms. The van der Waals surface area contributed by atoms with Crippen LogP contribution >= 0.6 is 11.8 Å². The highest BCUT2D eigenvalue weighted by Gasteiger charge is 2.11. The van der Waals surface area contributed by atoms with Gasteiger partial charge in [-0.3, -0.25) is 4.79 Å². The molecule has 3 rings (SSSR count). The van der Waals surface area contributed by atoms with Gasteiger partial charge in [-0.05, 0) is 56.2 Å². The van der Waals surface area contributed by atoms with Crippen molar-refractivity contribution in [2.45, 2.75) is 32.6 Å². The van der Waals surface area contributed by atoms with E-state index < -0.39 is 0 Å². The Morgan fingerprint density at radius 3 is 2.44 bits per heavy atom. The van der Waals surface area contributed by atoms with Crippen LogP contribution < -0.4 is 10.1 Å². The van der Waals surface area contributed by atoms with Gasteiger partial charge in [-0.2, -0.15) is 0 Å². The van der Waals surface area contributed by atoms with Gasteiger partial charge in [0, 0.05) is 5.69 Å². The van der Waals surface area contributed by atoms with Gasteiger partial charge in [0.05, 0.1) is 5.75 Å². The Morgan fingerprint density at radius 1 is 1.04 bits per heavy atom. The van der Waals surface area contributed by atoms with Crippen LogP contribution in [0.2, 0.25) is 0 Å². The summed E-state index contributed by atoms with van der Waals surface area (Å²) < 4.78 is 11.1. The molecule has 0 aliphatic heterocycles. The lowest BCUT2D eigenvalue weighted by molar-refractivity contribution is -0.113. The molecule has 0 aliphatic carbocycles. The monoisotopic (exact) mass is 383 g/mol. The number of aromatic nitrogens is 2. The molecule has 6 nitrogen and oxygen atoms in total. The van der Waals surface area contributed by atoms with Gasteiger partial charge in [-0.1, -0.05) is 35.5 Å². The number of carbonyl (C=O) groups is 1. The van der Waals surface area contributed by atoms with Crippen LogP contribution in [0.15, 0.2) is 52.1 Å². The zero-order valence-electron chi connectivity index (χ0n) is 15.5. The van der Waals surface area contributed by atoms with Gasteiger partial charge in [0.1, 0.15) is 5.75 Å². The molecule has 0 saturated carbocycles. The SMILES string of the molecule is Cc1ccc(OCc2nnc(SCC(=O)Nc3cc(C)cc(C)c3)o2)cc1. The van der Waals surface area contributed by atoms with Crippen LogP contribution in [0.3, 0.4) is 0 Å². The lowest BCUT2D eigenvalue weighted by Gasteiger charge is -2.06. The van der Waals surface area contributed by atoms with E-state index in [0.717, 1.165) is 28.1 Å². The number of carbonyl (C=O) groups excluding carboxylic acids is 1. The Kier molecular flexibility index (Phi) is 6.13. The van der Waals surface area contributed by atoms with Gasteiger partial charge in [-0.25, -0.2) is 0 Å². The molecule has 3 aromatic rings. The van der Waals surface area contributed by atoms with Crippen LogP contribution in [0.25, 0.3) is 0 Å². The van der Waals surface area contributed by atoms with Gasteiger partial charge in [0.2, 0.25) is 5.91 Å². The first kappa shape index (κ1) is 19.0. The lowest BCUT2D eigenvalue weighted by Crippen LogP contribution is -2.14. The first-order chi connectivity index (χ1) is 13.0. The molecular formula is C20H21N3O3S. The second-order valence-corrected chi connectivity index (χ2v) is 7.20. The molecule has 2 aromatic carbocycles. The van der Waals surface area contributed by atoms with Gasteiger partial charge >= 0.3 is 0 Å². The summed E-state index contributed by atoms with van der Waals surface area (Å²) in [7, 11) is 0. The number of ether oxygens (including phenoxy) is 1. The van der Waals surface area contributed by atoms with Crippen molar-refractivity contribution in [2.24, 2.45) is 0 Å². The minimum absolute atomic E-state index is 0.124. The molecule has 0 fully saturated rings. The van der Waals surface area contributed by atoms with E-state index in [9.17, 15) is 4.79 Å². The lowest BCUT2D eigenvalue weighted by atomic mass is 10.1. The predicted octanol–water partition coefficient (Wildman–Crippen LogP) is 4.30. The van der Waals surface area contributed by atoms with Crippen molar-refractivity contribution in [3.8, 4) is 5.75 Å². The fraction of sp³-hybridized carbons (Fsp3) is 0.250. The first-order valence-electron chi connectivity index (χ1n) is 8.51. The van der Waals surface area contributed by atoms with Crippen molar-refractivity contribution in [2.75, 3.05) is 11.1 Å². The van der Waals surface area contributed by atoms with E-state index in [1.165, 1.54) is 11.8 Å². The minimum atomic E-state index is -0.124. The van der Waals surface area contributed by atoms with E-state index in [1.54, 1.807) is 0 Å². The zero-order chi connectivity index (χ0) is 19.2. The third kappa shape index (κ3) is 5.86. The summed E-state index contributed by atoms with van der Waals surface area (Å²) in [5.74, 6) is 1.17. The molecule has 1 aromatic heterocycles. The molecule has 0 bridgehead atoms. The van der Waals surface area contributed by atoms with Crippen molar-refractivity contribution in [3.05, 3.63) is 65.0 Å². The summed E-state index contributed by atoms with van der Waals surface area (Å²) in [5.41, 5.74) is 4.16. The largest absolute Gasteiger partial charge is 0.484 e. The summed E-state index contributed by atoms with van der Waals surface area (Å²) in [6.07, 6.45) is 0. The molecule has 0 atom stereocenters. The predicted molar refractivity (Wildman–Crippen MR) is 105 cm³/mol. The standard InChI is InChI=1S/C20H21N3O3S/c1-13-4-6-17(7-5-13)25-11-19-22-23-20(26-19)27-12-18(24)21-16-9-14(2)8-15(3)10-16/h4-10H,11-12H2,1-3H3,(H,21,24). The highest BCUT2D eigenvalue weighted by Crippen LogP contribution is 2.19. The number of rotatable bonds is 7. The second kappa shape index (κ2) is 8.73. The topological polar surface area (TPSA) is 77.2 Å². The van der Waals surface area contributed by atoms with E-state index >= 15 is 0 Å². The molecule has 0 unspecified atom stereocenters. The van der Waals surface area contributed by atoms with Crippen LogP contribution in [-0.4, -0.2) is 21.9 Å². The third-order valence-corrected chi connectivity index (χ3v) is 4.48. The van der Waals surface area contributed by atoms with E-state index in [-0.39, 0.29) is 18.3 Å². The smallest absolute Gasteiger partial charge is 0.277 e. The van der Waals surface area contributed by atoms with Crippen molar-refractivity contribution < 1.29 is 13.9 Å². The fourth-order valence-corrected chi connectivity index (χ4v) is 3.09. The first-order valence-corrected chi connectivity index (χ1v) is 9.49. The van der Waals surface area contributed by atoms with E-state index in [2.05, 4.69) is 21.6 Å². The van der Waals surface area contributed by atoms with Crippen molar-refractivity contribution in [1.29, 1.82) is 0 Å². The average Bonchev–Trinajstić information content (AvgIpc) is 3.06. The Labute approximate surface area is 162 Å². The number of hydrogen-bond acceptors (Lipinski definition) is 6. The molecular weight excluding hydrogens is 362 g/mol. The molecule has 0 spiro atoms. The number of benzene rings is 2. The number of anilines is 1. The molecule has 1 heterocycles.